The van der Waals surface area contributed by atoms with Crippen LogP contribution in [0.1, 0.15) is 0 Å². The maximum atomic E-state index is 12.1. The minimum Gasteiger partial charge on any atom is -0.368 e. The molecule has 9 heteroatoms. The number of nitrogens with zero attached hydrogens (tertiary/aromatic N) is 2. The summed E-state index contributed by atoms with van der Waals surface area (Å²) in [5.74, 6) is -0.0188. The number of benzene rings is 1. The fourth-order valence-corrected chi connectivity index (χ4v) is 2.85. The number of hydrogen-bond acceptors (Lipinski definition) is 5. The van der Waals surface area contributed by atoms with Crippen LogP contribution in [0.25, 0.3) is 0 Å². The number of anilines is 2. The zero-order valence-corrected chi connectivity index (χ0v) is 11.7. The van der Waals surface area contributed by atoms with Gasteiger partial charge < -0.3 is 5.73 Å². The number of nitrogens with two attached hydrogens (primary N) is 1. The Hall–Kier alpha value is -1.57. The quantitative estimate of drug-likeness (QED) is 0.903. The van der Waals surface area contributed by atoms with E-state index < -0.39 is 10.0 Å². The molecule has 6 nitrogen and oxygen atoms in total. The first kappa shape index (κ1) is 13.9. The molecule has 0 atom stereocenters. The highest BCUT2D eigenvalue weighted by atomic mass is 35.5. The molecule has 0 radical (unpaired) electrons. The summed E-state index contributed by atoms with van der Waals surface area (Å²) in [6.07, 6.45) is 2.19. The third kappa shape index (κ3) is 3.06. The molecule has 3 N–H and O–H groups in total. The van der Waals surface area contributed by atoms with E-state index in [4.69, 9.17) is 28.9 Å². The van der Waals surface area contributed by atoms with E-state index in [1.54, 1.807) is 6.07 Å². The lowest BCUT2D eigenvalue weighted by Gasteiger charge is -2.10. The van der Waals surface area contributed by atoms with Crippen LogP contribution in [0.3, 0.4) is 0 Å². The van der Waals surface area contributed by atoms with Gasteiger partial charge >= 0.3 is 0 Å². The second kappa shape index (κ2) is 5.20. The zero-order valence-electron chi connectivity index (χ0n) is 9.34. The molecule has 0 aliphatic rings. The minimum atomic E-state index is -3.87. The summed E-state index contributed by atoms with van der Waals surface area (Å²) in [6.45, 7) is 0. The Morgan fingerprint density at radius 1 is 1.11 bits per heavy atom. The lowest BCUT2D eigenvalue weighted by molar-refractivity contribution is 0.600. The molecule has 0 spiro atoms. The van der Waals surface area contributed by atoms with Gasteiger partial charge in [0.25, 0.3) is 10.0 Å². The van der Waals surface area contributed by atoms with Crippen LogP contribution < -0.4 is 10.5 Å². The molecule has 0 aliphatic heterocycles. The molecular formula is C10H8Cl2N4O2S. The molecule has 2 aromatic rings. The molecule has 0 saturated carbocycles. The van der Waals surface area contributed by atoms with Crippen molar-refractivity contribution < 1.29 is 8.42 Å². The van der Waals surface area contributed by atoms with Crippen molar-refractivity contribution in [1.29, 1.82) is 0 Å². The van der Waals surface area contributed by atoms with Gasteiger partial charge in [-0.15, -0.1) is 0 Å². The topological polar surface area (TPSA) is 98.0 Å². The van der Waals surface area contributed by atoms with Gasteiger partial charge in [0.05, 0.1) is 28.1 Å². The van der Waals surface area contributed by atoms with Crippen molar-refractivity contribution >= 4 is 44.9 Å². The molecule has 2 rings (SSSR count). The summed E-state index contributed by atoms with van der Waals surface area (Å²) in [4.78, 5) is 7.09. The molecule has 1 aromatic carbocycles. The first-order chi connectivity index (χ1) is 8.90. The molecule has 1 heterocycles. The Labute approximate surface area is 119 Å². The molecule has 100 valence electrons. The van der Waals surface area contributed by atoms with Crippen LogP contribution in [-0.4, -0.2) is 18.4 Å². The first-order valence-corrected chi connectivity index (χ1v) is 7.18. The fourth-order valence-electron chi connectivity index (χ4n) is 1.25. The molecule has 0 fully saturated rings. The molecule has 0 saturated heterocycles. The van der Waals surface area contributed by atoms with Crippen molar-refractivity contribution in [1.82, 2.24) is 9.97 Å². The van der Waals surface area contributed by atoms with Crippen LogP contribution >= 0.6 is 23.2 Å². The number of nitrogens with one attached hydrogen (secondary N) is 1. The third-order valence-corrected chi connectivity index (χ3v) is 4.09. The van der Waals surface area contributed by atoms with Crippen molar-refractivity contribution in [3.63, 3.8) is 0 Å². The second-order valence-corrected chi connectivity index (χ2v) is 5.98. The monoisotopic (exact) mass is 318 g/mol. The smallest absolute Gasteiger partial charge is 0.265 e. The standard InChI is InChI=1S/C10H8Cl2N4O2S/c11-7-2-1-3-8(12)9(7)16-19(17,18)6-4-14-10(13)15-5-6/h1-5,16H,(H2,13,14,15). The van der Waals surface area contributed by atoms with E-state index in [9.17, 15) is 8.42 Å². The predicted molar refractivity (Wildman–Crippen MR) is 73.7 cm³/mol. The highest BCUT2D eigenvalue weighted by Crippen LogP contribution is 2.31. The minimum absolute atomic E-state index is 0.0188. The zero-order chi connectivity index (χ0) is 14.0. The molecular weight excluding hydrogens is 311 g/mol. The van der Waals surface area contributed by atoms with Gasteiger partial charge in [-0.3, -0.25) is 4.72 Å². The van der Waals surface area contributed by atoms with Crippen molar-refractivity contribution in [2.75, 3.05) is 10.5 Å². The Bertz CT molecular complexity index is 684. The van der Waals surface area contributed by atoms with Gasteiger partial charge in [0.2, 0.25) is 5.95 Å². The van der Waals surface area contributed by atoms with Crippen molar-refractivity contribution in [3.05, 3.63) is 40.6 Å². The van der Waals surface area contributed by atoms with E-state index in [0.717, 1.165) is 12.4 Å². The first-order valence-electron chi connectivity index (χ1n) is 4.94. The van der Waals surface area contributed by atoms with E-state index in [0.29, 0.717) is 0 Å². The second-order valence-electron chi connectivity index (χ2n) is 3.48. The third-order valence-electron chi connectivity index (χ3n) is 2.16. The molecule has 0 bridgehead atoms. The summed E-state index contributed by atoms with van der Waals surface area (Å²) >= 11 is 11.8. The van der Waals surface area contributed by atoms with Crippen LogP contribution in [0.2, 0.25) is 10.0 Å². The Balaban J connectivity index is 2.39. The molecule has 19 heavy (non-hydrogen) atoms. The summed E-state index contributed by atoms with van der Waals surface area (Å²) in [6, 6.07) is 4.64. The van der Waals surface area contributed by atoms with E-state index in [-0.39, 0.29) is 26.6 Å². The molecule has 0 aliphatic carbocycles. The maximum Gasteiger partial charge on any atom is 0.265 e. The van der Waals surface area contributed by atoms with Crippen LogP contribution in [0, 0.1) is 0 Å². The highest BCUT2D eigenvalue weighted by molar-refractivity contribution is 7.92. The van der Waals surface area contributed by atoms with Crippen LogP contribution in [0.15, 0.2) is 35.5 Å². The maximum absolute atomic E-state index is 12.1. The molecule has 1 aromatic heterocycles. The largest absolute Gasteiger partial charge is 0.368 e. The fraction of sp³-hybridized carbons (Fsp3) is 0. The average molecular weight is 319 g/mol. The number of para-hydroxylation sites is 1. The van der Waals surface area contributed by atoms with E-state index >= 15 is 0 Å². The normalized spacial score (nSPS) is 11.3. The van der Waals surface area contributed by atoms with Gasteiger partial charge in [-0.05, 0) is 12.1 Å². The van der Waals surface area contributed by atoms with E-state index in [1.807, 2.05) is 0 Å². The molecule has 0 amide bonds. The highest BCUT2D eigenvalue weighted by Gasteiger charge is 2.18. The van der Waals surface area contributed by atoms with Gasteiger partial charge in [0, 0.05) is 0 Å². The van der Waals surface area contributed by atoms with Crippen molar-refractivity contribution in [3.8, 4) is 0 Å². The van der Waals surface area contributed by atoms with Crippen LogP contribution in [0.5, 0.6) is 0 Å². The number of rotatable bonds is 3. The number of sulfonamides is 1. The molecule has 0 unspecified atom stereocenters. The van der Waals surface area contributed by atoms with Gasteiger partial charge in [-0.1, -0.05) is 29.3 Å². The van der Waals surface area contributed by atoms with Crippen molar-refractivity contribution in [2.24, 2.45) is 0 Å². The number of aromatic nitrogens is 2. The van der Waals surface area contributed by atoms with E-state index in [1.165, 1.54) is 12.1 Å². The predicted octanol–water partition coefficient (Wildman–Crippen LogP) is 2.17. The number of hydrogen-bond donors (Lipinski definition) is 2. The van der Waals surface area contributed by atoms with Crippen LogP contribution in [-0.2, 0) is 10.0 Å². The van der Waals surface area contributed by atoms with Gasteiger partial charge in [-0.2, -0.15) is 0 Å². The Kier molecular flexibility index (Phi) is 3.79. The summed E-state index contributed by atoms with van der Waals surface area (Å²) in [5.41, 5.74) is 5.39. The van der Waals surface area contributed by atoms with Gasteiger partial charge in [0.1, 0.15) is 4.90 Å². The van der Waals surface area contributed by atoms with Gasteiger partial charge in [-0.25, -0.2) is 18.4 Å². The Morgan fingerprint density at radius 2 is 1.63 bits per heavy atom. The average Bonchev–Trinajstić information content (AvgIpc) is 2.35. The lowest BCUT2D eigenvalue weighted by Crippen LogP contribution is -2.14. The number of halogens is 2. The number of nitrogen functional groups attached to an aromatic ring is 1. The SMILES string of the molecule is Nc1ncc(S(=O)(=O)Nc2c(Cl)cccc2Cl)cn1. The summed E-state index contributed by atoms with van der Waals surface area (Å²) in [7, 11) is -3.87. The Morgan fingerprint density at radius 3 is 2.16 bits per heavy atom. The van der Waals surface area contributed by atoms with Crippen LogP contribution in [0.4, 0.5) is 11.6 Å². The summed E-state index contributed by atoms with van der Waals surface area (Å²) < 4.78 is 26.4. The lowest BCUT2D eigenvalue weighted by atomic mass is 10.3. The summed E-state index contributed by atoms with van der Waals surface area (Å²) in [5, 5.41) is 0.375. The van der Waals surface area contributed by atoms with Gasteiger partial charge in [0.15, 0.2) is 0 Å². The van der Waals surface area contributed by atoms with E-state index in [2.05, 4.69) is 14.7 Å². The van der Waals surface area contributed by atoms with Crippen molar-refractivity contribution in [2.45, 2.75) is 4.90 Å².